The van der Waals surface area contributed by atoms with Crippen molar-refractivity contribution in [3.63, 3.8) is 0 Å². The fourth-order valence-electron chi connectivity index (χ4n) is 2.67. The third-order valence-corrected chi connectivity index (χ3v) is 3.32. The van der Waals surface area contributed by atoms with Crippen LogP contribution >= 0.6 is 0 Å². The van der Waals surface area contributed by atoms with Crippen LogP contribution < -0.4 is 5.32 Å². The molecule has 0 saturated heterocycles. The monoisotopic (exact) mass is 249 g/mol. The van der Waals surface area contributed by atoms with E-state index in [9.17, 15) is 0 Å². The average Bonchev–Trinajstić information content (AvgIpc) is 2.22. The summed E-state index contributed by atoms with van der Waals surface area (Å²) in [6, 6.07) is 6.90. The molecule has 0 aliphatic heterocycles. The van der Waals surface area contributed by atoms with Gasteiger partial charge < -0.3 is 10.1 Å². The van der Waals surface area contributed by atoms with Crippen LogP contribution in [0, 0.1) is 19.3 Å². The summed E-state index contributed by atoms with van der Waals surface area (Å²) < 4.78 is 5.74. The summed E-state index contributed by atoms with van der Waals surface area (Å²) in [6.45, 7) is 10.9. The van der Waals surface area contributed by atoms with Crippen molar-refractivity contribution in [2.75, 3.05) is 14.2 Å². The number of hydrogen-bond donors (Lipinski definition) is 1. The van der Waals surface area contributed by atoms with E-state index in [0.717, 1.165) is 0 Å². The number of hydrogen-bond acceptors (Lipinski definition) is 2. The first kappa shape index (κ1) is 15.2. The minimum atomic E-state index is 0.0973. The second kappa shape index (κ2) is 5.85. The molecular weight excluding hydrogens is 222 g/mol. The van der Waals surface area contributed by atoms with E-state index in [2.05, 4.69) is 58.1 Å². The van der Waals surface area contributed by atoms with Gasteiger partial charge in [0.05, 0.1) is 12.1 Å². The number of ether oxygens (including phenoxy) is 1. The summed E-state index contributed by atoms with van der Waals surface area (Å²) in [4.78, 5) is 0. The molecule has 1 aromatic carbocycles. The van der Waals surface area contributed by atoms with E-state index < -0.39 is 0 Å². The molecule has 1 aromatic rings. The normalized spacial score (nSPS) is 15.5. The highest BCUT2D eigenvalue weighted by atomic mass is 16.5. The number of nitrogens with one attached hydrogen (secondary N) is 1. The minimum Gasteiger partial charge on any atom is -0.379 e. The fourth-order valence-corrected chi connectivity index (χ4v) is 2.67. The Labute approximate surface area is 112 Å². The molecule has 0 spiro atoms. The van der Waals surface area contributed by atoms with Crippen molar-refractivity contribution < 1.29 is 4.74 Å². The number of likely N-dealkylation sites (N-methyl/N-ethyl adjacent to an activating group) is 1. The van der Waals surface area contributed by atoms with Gasteiger partial charge in [-0.25, -0.2) is 0 Å². The van der Waals surface area contributed by atoms with Gasteiger partial charge in [0.25, 0.3) is 0 Å². The lowest BCUT2D eigenvalue weighted by Gasteiger charge is -2.36. The van der Waals surface area contributed by atoms with E-state index >= 15 is 0 Å². The molecule has 0 aromatic heterocycles. The van der Waals surface area contributed by atoms with Crippen LogP contribution in [0.4, 0.5) is 0 Å². The van der Waals surface area contributed by atoms with E-state index in [-0.39, 0.29) is 17.6 Å². The molecule has 102 valence electrons. The zero-order valence-electron chi connectivity index (χ0n) is 12.8. The zero-order valence-corrected chi connectivity index (χ0v) is 12.8. The van der Waals surface area contributed by atoms with Crippen LogP contribution in [0.5, 0.6) is 0 Å². The SMILES string of the molecule is CNC(c1cc(C)cc(C)c1)C(OC)C(C)(C)C. The van der Waals surface area contributed by atoms with Gasteiger partial charge in [-0.1, -0.05) is 50.1 Å². The van der Waals surface area contributed by atoms with E-state index in [1.165, 1.54) is 16.7 Å². The van der Waals surface area contributed by atoms with Crippen LogP contribution in [-0.4, -0.2) is 20.3 Å². The Morgan fingerprint density at radius 2 is 1.56 bits per heavy atom. The summed E-state index contributed by atoms with van der Waals surface area (Å²) in [7, 11) is 3.79. The quantitative estimate of drug-likeness (QED) is 0.880. The topological polar surface area (TPSA) is 21.3 Å². The van der Waals surface area contributed by atoms with Crippen LogP contribution in [0.3, 0.4) is 0 Å². The van der Waals surface area contributed by atoms with Crippen LogP contribution in [0.25, 0.3) is 0 Å². The Morgan fingerprint density at radius 3 is 1.89 bits per heavy atom. The average molecular weight is 249 g/mol. The lowest BCUT2D eigenvalue weighted by atomic mass is 9.81. The lowest BCUT2D eigenvalue weighted by molar-refractivity contribution is -0.0102. The molecule has 0 heterocycles. The van der Waals surface area contributed by atoms with E-state index in [0.29, 0.717) is 0 Å². The molecule has 0 aliphatic carbocycles. The molecule has 0 aliphatic rings. The predicted molar refractivity (Wildman–Crippen MR) is 78.0 cm³/mol. The maximum atomic E-state index is 5.74. The van der Waals surface area contributed by atoms with Gasteiger partial charge in [-0.15, -0.1) is 0 Å². The molecule has 2 heteroatoms. The highest BCUT2D eigenvalue weighted by molar-refractivity contribution is 5.31. The molecule has 1 rings (SSSR count). The molecule has 18 heavy (non-hydrogen) atoms. The van der Waals surface area contributed by atoms with Gasteiger partial charge in [-0.2, -0.15) is 0 Å². The second-order valence-electron chi connectivity index (χ2n) is 6.21. The molecule has 0 saturated carbocycles. The molecule has 0 radical (unpaired) electrons. The summed E-state index contributed by atoms with van der Waals surface area (Å²) in [5.41, 5.74) is 4.00. The second-order valence-corrected chi connectivity index (χ2v) is 6.21. The van der Waals surface area contributed by atoms with Gasteiger partial charge in [-0.3, -0.25) is 0 Å². The van der Waals surface area contributed by atoms with Crippen molar-refractivity contribution in [1.29, 1.82) is 0 Å². The Bertz CT molecular complexity index is 372. The van der Waals surface area contributed by atoms with Crippen molar-refractivity contribution in [3.8, 4) is 0 Å². The van der Waals surface area contributed by atoms with E-state index in [1.807, 2.05) is 7.05 Å². The molecule has 1 N–H and O–H groups in total. The predicted octanol–water partition coefficient (Wildman–Crippen LogP) is 3.63. The smallest absolute Gasteiger partial charge is 0.0813 e. The number of methoxy groups -OCH3 is 1. The first-order valence-corrected chi connectivity index (χ1v) is 6.58. The van der Waals surface area contributed by atoms with Crippen LogP contribution in [0.1, 0.15) is 43.5 Å². The van der Waals surface area contributed by atoms with Gasteiger partial charge in [0.15, 0.2) is 0 Å². The maximum absolute atomic E-state index is 5.74. The van der Waals surface area contributed by atoms with Gasteiger partial charge in [0.2, 0.25) is 0 Å². The molecule has 0 bridgehead atoms. The lowest BCUT2D eigenvalue weighted by Crippen LogP contribution is -2.40. The molecule has 0 amide bonds. The molecule has 2 atom stereocenters. The van der Waals surface area contributed by atoms with Crippen molar-refractivity contribution >= 4 is 0 Å². The number of rotatable bonds is 4. The Balaban J connectivity index is 3.15. The zero-order chi connectivity index (χ0) is 13.9. The van der Waals surface area contributed by atoms with Crippen molar-refractivity contribution in [3.05, 3.63) is 34.9 Å². The Kier molecular flexibility index (Phi) is 4.94. The Hall–Kier alpha value is -0.860. The fraction of sp³-hybridized carbons (Fsp3) is 0.625. The highest BCUT2D eigenvalue weighted by Crippen LogP contribution is 2.32. The van der Waals surface area contributed by atoms with Gasteiger partial charge in [0, 0.05) is 7.11 Å². The summed E-state index contributed by atoms with van der Waals surface area (Å²) in [6.07, 6.45) is 0.142. The van der Waals surface area contributed by atoms with Gasteiger partial charge in [0.1, 0.15) is 0 Å². The molecule has 2 nitrogen and oxygen atoms in total. The standard InChI is InChI=1S/C16H27NO/c1-11-8-12(2)10-13(9-11)14(17-6)15(18-7)16(3,4)5/h8-10,14-15,17H,1-7H3. The molecular formula is C16H27NO. The van der Waals surface area contributed by atoms with Gasteiger partial charge >= 0.3 is 0 Å². The number of benzene rings is 1. The first-order chi connectivity index (χ1) is 8.29. The van der Waals surface area contributed by atoms with Crippen molar-refractivity contribution in [2.45, 2.75) is 46.8 Å². The summed E-state index contributed by atoms with van der Waals surface area (Å²) in [5.74, 6) is 0. The van der Waals surface area contributed by atoms with Crippen LogP contribution in [-0.2, 0) is 4.74 Å². The maximum Gasteiger partial charge on any atom is 0.0813 e. The molecule has 2 unspecified atom stereocenters. The van der Waals surface area contributed by atoms with E-state index in [4.69, 9.17) is 4.74 Å². The third-order valence-electron chi connectivity index (χ3n) is 3.32. The summed E-state index contributed by atoms with van der Waals surface area (Å²) in [5, 5.41) is 3.41. The van der Waals surface area contributed by atoms with Crippen molar-refractivity contribution in [1.82, 2.24) is 5.32 Å². The largest absolute Gasteiger partial charge is 0.379 e. The highest BCUT2D eigenvalue weighted by Gasteiger charge is 2.32. The van der Waals surface area contributed by atoms with Crippen LogP contribution in [0.15, 0.2) is 18.2 Å². The van der Waals surface area contributed by atoms with Crippen molar-refractivity contribution in [2.24, 2.45) is 5.41 Å². The summed E-state index contributed by atoms with van der Waals surface area (Å²) >= 11 is 0. The van der Waals surface area contributed by atoms with Gasteiger partial charge in [-0.05, 0) is 31.9 Å². The number of aryl methyl sites for hydroxylation is 2. The Morgan fingerprint density at radius 1 is 1.06 bits per heavy atom. The third kappa shape index (κ3) is 3.56. The van der Waals surface area contributed by atoms with E-state index in [1.54, 1.807) is 7.11 Å². The minimum absolute atomic E-state index is 0.0973. The first-order valence-electron chi connectivity index (χ1n) is 6.58. The molecule has 0 fully saturated rings. The van der Waals surface area contributed by atoms with Crippen LogP contribution in [0.2, 0.25) is 0 Å².